The maximum absolute atomic E-state index is 7.90. The van der Waals surface area contributed by atoms with E-state index >= 15 is 0 Å². The monoisotopic (exact) mass is 184 g/mol. The molecule has 0 heterocycles. The molecule has 0 radical (unpaired) electrons. The van der Waals surface area contributed by atoms with E-state index in [1.165, 1.54) is 7.11 Å². The van der Waals surface area contributed by atoms with Crippen molar-refractivity contribution < 1.29 is 10.2 Å². The SMILES string of the molecule is [2H]c1c([2H])c([2H])c([Si](C)(C)C)c(OC)c1[2H]. The lowest BCUT2D eigenvalue weighted by Gasteiger charge is -2.19. The van der Waals surface area contributed by atoms with Crippen LogP contribution in [0.5, 0.6) is 5.75 Å². The van der Waals surface area contributed by atoms with E-state index in [2.05, 4.69) is 0 Å². The predicted molar refractivity (Wildman–Crippen MR) is 56.0 cm³/mol. The average Bonchev–Trinajstić information content (AvgIpc) is 2.18. The van der Waals surface area contributed by atoms with Crippen LogP contribution in [0.2, 0.25) is 19.6 Å². The van der Waals surface area contributed by atoms with Crippen molar-refractivity contribution in [3.63, 3.8) is 0 Å². The summed E-state index contributed by atoms with van der Waals surface area (Å²) in [5.41, 5.74) is 0. The zero-order chi connectivity index (χ0) is 12.7. The van der Waals surface area contributed by atoms with Crippen molar-refractivity contribution in [1.82, 2.24) is 0 Å². The van der Waals surface area contributed by atoms with Crippen LogP contribution in [-0.4, -0.2) is 15.2 Å². The lowest BCUT2D eigenvalue weighted by molar-refractivity contribution is 0.418. The molecule has 0 N–H and O–H groups in total. The standard InChI is InChI=1S/C10H16OSi/c1-11-9-7-5-6-8-10(9)12(2,3)4/h5-8H,1-4H3/i5D,6D,7D,8D. The zero-order valence-electron chi connectivity index (χ0n) is 11.9. The van der Waals surface area contributed by atoms with Gasteiger partial charge in [0.1, 0.15) is 5.75 Å². The number of rotatable bonds is 2. The summed E-state index contributed by atoms with van der Waals surface area (Å²) in [4.78, 5) is 0. The van der Waals surface area contributed by atoms with Crippen LogP contribution in [-0.2, 0) is 0 Å². The molecule has 1 nitrogen and oxygen atoms in total. The molecule has 1 aromatic carbocycles. The van der Waals surface area contributed by atoms with E-state index in [0.717, 1.165) is 0 Å². The van der Waals surface area contributed by atoms with Crippen LogP contribution in [0.1, 0.15) is 5.48 Å². The summed E-state index contributed by atoms with van der Waals surface area (Å²) in [5.74, 6) is 0.296. The Balaban J connectivity index is 3.72. The van der Waals surface area contributed by atoms with Gasteiger partial charge in [-0.25, -0.2) is 0 Å². The van der Waals surface area contributed by atoms with Gasteiger partial charge < -0.3 is 4.74 Å². The molecule has 0 aliphatic rings. The number of benzene rings is 1. The van der Waals surface area contributed by atoms with E-state index in [4.69, 9.17) is 10.2 Å². The number of para-hydroxylation sites is 1. The van der Waals surface area contributed by atoms with Gasteiger partial charge in [0.15, 0.2) is 0 Å². The molecule has 0 atom stereocenters. The van der Waals surface area contributed by atoms with Gasteiger partial charge in [0, 0.05) is 0 Å². The first kappa shape index (κ1) is 5.07. The number of ether oxygens (including phenoxy) is 1. The second-order valence-electron chi connectivity index (χ2n) is 3.66. The molecule has 12 heavy (non-hydrogen) atoms. The van der Waals surface area contributed by atoms with E-state index < -0.39 is 8.07 Å². The number of hydrogen-bond acceptors (Lipinski definition) is 1. The van der Waals surface area contributed by atoms with Crippen molar-refractivity contribution in [2.45, 2.75) is 19.6 Å². The summed E-state index contributed by atoms with van der Waals surface area (Å²) >= 11 is 0. The summed E-state index contributed by atoms with van der Waals surface area (Å²) in [7, 11) is -0.421. The molecule has 2 heteroatoms. The number of methoxy groups -OCH3 is 1. The Morgan fingerprint density at radius 2 is 1.83 bits per heavy atom. The highest BCUT2D eigenvalue weighted by Crippen LogP contribution is 2.12. The first-order chi connectivity index (χ1) is 7.21. The molecule has 0 unspecified atom stereocenters. The van der Waals surface area contributed by atoms with Gasteiger partial charge >= 0.3 is 0 Å². The summed E-state index contributed by atoms with van der Waals surface area (Å²) in [6.45, 7) is 6.10. The van der Waals surface area contributed by atoms with Gasteiger partial charge in [-0.15, -0.1) is 0 Å². The maximum Gasteiger partial charge on any atom is 0.118 e. The molecule has 0 saturated heterocycles. The van der Waals surface area contributed by atoms with Crippen molar-refractivity contribution in [3.8, 4) is 5.75 Å². The zero-order valence-corrected chi connectivity index (χ0v) is 8.91. The van der Waals surface area contributed by atoms with Crippen molar-refractivity contribution in [1.29, 1.82) is 0 Å². The second kappa shape index (κ2) is 3.31. The molecule has 0 aliphatic heterocycles. The molecule has 0 aliphatic carbocycles. The molecule has 0 bridgehead atoms. The molecule has 1 rings (SSSR count). The molecule has 0 aromatic heterocycles. The summed E-state index contributed by atoms with van der Waals surface area (Å²) in [6.07, 6.45) is 0. The fraction of sp³-hybridized carbons (Fsp3) is 0.400. The Morgan fingerprint density at radius 1 is 1.25 bits per heavy atom. The van der Waals surface area contributed by atoms with Gasteiger partial charge in [0.2, 0.25) is 0 Å². The Hall–Kier alpha value is -0.763. The lowest BCUT2D eigenvalue weighted by atomic mass is 10.3. The molecule has 0 fully saturated rings. The van der Waals surface area contributed by atoms with E-state index in [-0.39, 0.29) is 24.2 Å². The van der Waals surface area contributed by atoms with Gasteiger partial charge in [0.05, 0.1) is 20.7 Å². The Labute approximate surface area is 81.0 Å². The third-order valence-electron chi connectivity index (χ3n) is 1.61. The van der Waals surface area contributed by atoms with Crippen molar-refractivity contribution >= 4 is 13.3 Å². The minimum Gasteiger partial charge on any atom is -0.497 e. The molecular weight excluding hydrogens is 164 g/mol. The van der Waals surface area contributed by atoms with Crippen LogP contribution in [0.4, 0.5) is 0 Å². The number of hydrogen-bond donors (Lipinski definition) is 0. The maximum atomic E-state index is 7.90. The second-order valence-corrected chi connectivity index (χ2v) is 8.66. The van der Waals surface area contributed by atoms with Gasteiger partial charge in [0.25, 0.3) is 0 Å². The highest BCUT2D eigenvalue weighted by Gasteiger charge is 2.19. The van der Waals surface area contributed by atoms with Crippen LogP contribution in [0, 0.1) is 0 Å². The van der Waals surface area contributed by atoms with E-state index in [1.807, 2.05) is 19.6 Å². The van der Waals surface area contributed by atoms with Gasteiger partial charge in [-0.05, 0) is 11.2 Å². The van der Waals surface area contributed by atoms with Crippen LogP contribution in [0.15, 0.2) is 24.2 Å². The van der Waals surface area contributed by atoms with E-state index in [9.17, 15) is 0 Å². The quantitative estimate of drug-likeness (QED) is 0.641. The first-order valence-corrected chi connectivity index (χ1v) is 7.36. The lowest BCUT2D eigenvalue weighted by Crippen LogP contribution is -2.38. The highest BCUT2D eigenvalue weighted by atomic mass is 28.3. The fourth-order valence-electron chi connectivity index (χ4n) is 0.982. The minimum absolute atomic E-state index is 0.0389. The Morgan fingerprint density at radius 3 is 2.33 bits per heavy atom. The summed E-state index contributed by atoms with van der Waals surface area (Å²) < 4.78 is 36.0. The average molecular weight is 184 g/mol. The fourth-order valence-corrected chi connectivity index (χ4v) is 2.27. The topological polar surface area (TPSA) is 9.23 Å². The highest BCUT2D eigenvalue weighted by molar-refractivity contribution is 6.89. The van der Waals surface area contributed by atoms with Crippen LogP contribution >= 0.6 is 0 Å². The van der Waals surface area contributed by atoms with Crippen LogP contribution < -0.4 is 9.92 Å². The Kier molecular flexibility index (Phi) is 1.40. The third kappa shape index (κ3) is 1.88. The molecule has 66 valence electrons. The van der Waals surface area contributed by atoms with Gasteiger partial charge in [-0.2, -0.15) is 0 Å². The summed E-state index contributed by atoms with van der Waals surface area (Å²) in [5, 5.41) is 0.654. The smallest absolute Gasteiger partial charge is 0.118 e. The van der Waals surface area contributed by atoms with Crippen molar-refractivity contribution in [2.24, 2.45) is 0 Å². The van der Waals surface area contributed by atoms with Crippen molar-refractivity contribution in [2.75, 3.05) is 7.11 Å². The van der Waals surface area contributed by atoms with Gasteiger partial charge in [-0.3, -0.25) is 0 Å². The van der Waals surface area contributed by atoms with Crippen molar-refractivity contribution in [3.05, 3.63) is 24.2 Å². The van der Waals surface area contributed by atoms with Crippen LogP contribution in [0.25, 0.3) is 0 Å². The van der Waals surface area contributed by atoms with E-state index in [1.54, 1.807) is 0 Å². The molecule has 0 amide bonds. The normalized spacial score (nSPS) is 16.0. The molecule has 0 spiro atoms. The van der Waals surface area contributed by atoms with Gasteiger partial charge in [-0.1, -0.05) is 37.8 Å². The first-order valence-electron chi connectivity index (χ1n) is 5.86. The van der Waals surface area contributed by atoms with E-state index in [0.29, 0.717) is 10.9 Å². The predicted octanol–water partition coefficient (Wildman–Crippen LogP) is 2.24. The largest absolute Gasteiger partial charge is 0.497 e. The van der Waals surface area contributed by atoms with Crippen LogP contribution in [0.3, 0.4) is 0 Å². The molecular formula is C10H16OSi. The third-order valence-corrected chi connectivity index (χ3v) is 3.46. The summed E-state index contributed by atoms with van der Waals surface area (Å²) in [6, 6.07) is -0.454. The molecule has 1 aromatic rings. The minimum atomic E-state index is -1.86. The molecule has 0 saturated carbocycles. The Bertz CT molecular complexity index is 426.